The molecule has 0 heterocycles. The third kappa shape index (κ3) is 6.39. The largest absolute Gasteiger partial charge is 0.310 e. The zero-order chi connectivity index (χ0) is 30.7. The third-order valence-electron chi connectivity index (χ3n) is 10.5. The van der Waals surface area contributed by atoms with E-state index in [1.54, 1.807) is 0 Å². The summed E-state index contributed by atoms with van der Waals surface area (Å²) in [5.41, 5.74) is 12.3. The minimum Gasteiger partial charge on any atom is -0.310 e. The van der Waals surface area contributed by atoms with Crippen molar-refractivity contribution in [3.05, 3.63) is 113 Å². The first kappa shape index (κ1) is 30.7. The van der Waals surface area contributed by atoms with Crippen molar-refractivity contribution in [2.24, 2.45) is 0 Å². The number of nitrogens with zero attached hydrogens (tertiary/aromatic N) is 1. The molecule has 1 saturated carbocycles. The molecule has 4 aromatic carbocycles. The zero-order valence-corrected chi connectivity index (χ0v) is 28.0. The van der Waals surface area contributed by atoms with Crippen LogP contribution in [-0.4, -0.2) is 0 Å². The van der Waals surface area contributed by atoms with E-state index in [9.17, 15) is 0 Å². The van der Waals surface area contributed by atoms with E-state index < -0.39 is 0 Å². The van der Waals surface area contributed by atoms with Crippen LogP contribution in [0, 0.1) is 0 Å². The van der Waals surface area contributed by atoms with Crippen LogP contribution in [0.5, 0.6) is 0 Å². The molecule has 230 valence electrons. The number of fused-ring (bicyclic) bond motifs is 3. The molecule has 1 heteroatoms. The average molecular weight is 584 g/mol. The van der Waals surface area contributed by atoms with Crippen LogP contribution in [0.4, 0.5) is 17.1 Å². The maximum atomic E-state index is 2.47. The molecule has 4 aromatic rings. The lowest BCUT2D eigenvalue weighted by Crippen LogP contribution is -2.17. The summed E-state index contributed by atoms with van der Waals surface area (Å²) >= 11 is 0. The van der Waals surface area contributed by atoms with Crippen molar-refractivity contribution in [2.75, 3.05) is 4.90 Å². The summed E-state index contributed by atoms with van der Waals surface area (Å²) in [6, 6.07) is 35.0. The van der Waals surface area contributed by atoms with Gasteiger partial charge in [-0.15, -0.1) is 0 Å². The second-order valence-corrected chi connectivity index (χ2v) is 15.1. The van der Waals surface area contributed by atoms with E-state index in [1.165, 1.54) is 121 Å². The highest BCUT2D eigenvalue weighted by molar-refractivity contribution is 5.85. The van der Waals surface area contributed by atoms with Crippen molar-refractivity contribution in [1.29, 1.82) is 0 Å². The van der Waals surface area contributed by atoms with Gasteiger partial charge in [-0.3, -0.25) is 0 Å². The average Bonchev–Trinajstić information content (AvgIpc) is 3.24. The summed E-state index contributed by atoms with van der Waals surface area (Å²) in [5.74, 6) is 0.683. The van der Waals surface area contributed by atoms with Gasteiger partial charge in [-0.25, -0.2) is 0 Å². The van der Waals surface area contributed by atoms with E-state index in [4.69, 9.17) is 0 Å². The molecule has 0 aliphatic heterocycles. The summed E-state index contributed by atoms with van der Waals surface area (Å²) in [4.78, 5) is 2.47. The van der Waals surface area contributed by atoms with Crippen molar-refractivity contribution in [3.8, 4) is 11.1 Å². The van der Waals surface area contributed by atoms with Gasteiger partial charge in [-0.2, -0.15) is 0 Å². The van der Waals surface area contributed by atoms with Gasteiger partial charge in [0.05, 0.1) is 0 Å². The molecular formula is C43H53N. The van der Waals surface area contributed by atoms with E-state index in [0.717, 1.165) is 0 Å². The van der Waals surface area contributed by atoms with Gasteiger partial charge in [-0.05, 0) is 94.0 Å². The SMILES string of the molecule is CC(C)(C)c1ccc(N(c2ccc(C3CCCCCCCCCCC3)cc2)c2ccc3c(c2)C(C)(C)c2ccccc2-3)cc1. The summed E-state index contributed by atoms with van der Waals surface area (Å²) in [7, 11) is 0. The van der Waals surface area contributed by atoms with Crippen LogP contribution in [0.1, 0.15) is 133 Å². The lowest BCUT2D eigenvalue weighted by atomic mass is 9.82. The summed E-state index contributed by atoms with van der Waals surface area (Å²) in [5, 5.41) is 0. The molecule has 1 fully saturated rings. The topological polar surface area (TPSA) is 3.24 Å². The van der Waals surface area contributed by atoms with Crippen molar-refractivity contribution in [1.82, 2.24) is 0 Å². The normalized spacial score (nSPS) is 17.7. The van der Waals surface area contributed by atoms with Crippen LogP contribution in [-0.2, 0) is 10.8 Å². The van der Waals surface area contributed by atoms with Gasteiger partial charge in [-0.1, -0.05) is 147 Å². The minimum absolute atomic E-state index is 0.0265. The first-order valence-electron chi connectivity index (χ1n) is 17.5. The van der Waals surface area contributed by atoms with E-state index >= 15 is 0 Å². The summed E-state index contributed by atoms with van der Waals surface area (Å²) in [6.07, 6.45) is 15.3. The Morgan fingerprint density at radius 1 is 0.545 bits per heavy atom. The van der Waals surface area contributed by atoms with Gasteiger partial charge in [0.25, 0.3) is 0 Å². The maximum absolute atomic E-state index is 2.47. The monoisotopic (exact) mass is 583 g/mol. The fourth-order valence-electron chi connectivity index (χ4n) is 7.78. The fourth-order valence-corrected chi connectivity index (χ4v) is 7.78. The van der Waals surface area contributed by atoms with Crippen molar-refractivity contribution in [2.45, 2.75) is 122 Å². The Morgan fingerprint density at radius 2 is 1.05 bits per heavy atom. The molecule has 0 spiro atoms. The second-order valence-electron chi connectivity index (χ2n) is 15.1. The van der Waals surface area contributed by atoms with Crippen LogP contribution in [0.2, 0.25) is 0 Å². The first-order chi connectivity index (χ1) is 21.2. The molecule has 1 nitrogen and oxygen atoms in total. The van der Waals surface area contributed by atoms with Gasteiger partial charge in [0.15, 0.2) is 0 Å². The third-order valence-corrected chi connectivity index (χ3v) is 10.5. The quantitative estimate of drug-likeness (QED) is 0.231. The van der Waals surface area contributed by atoms with E-state index in [0.29, 0.717) is 5.92 Å². The Balaban J connectivity index is 1.35. The van der Waals surface area contributed by atoms with Gasteiger partial charge >= 0.3 is 0 Å². The Morgan fingerprint density at radius 3 is 1.64 bits per heavy atom. The maximum Gasteiger partial charge on any atom is 0.0465 e. The lowest BCUT2D eigenvalue weighted by Gasteiger charge is -2.29. The minimum atomic E-state index is -0.0265. The highest BCUT2D eigenvalue weighted by Crippen LogP contribution is 2.50. The van der Waals surface area contributed by atoms with Gasteiger partial charge in [0, 0.05) is 22.5 Å². The standard InChI is InChI=1S/C43H53N/c1-42(2,3)34-23-27-36(28-24-34)44(37-29-30-39-38-19-15-16-20-40(38)43(4,5)41(39)31-37)35-25-21-33(22-26-35)32-17-13-11-9-7-6-8-10-12-14-18-32/h15-16,19-32H,6-14,17-18H2,1-5H3. The van der Waals surface area contributed by atoms with Crippen LogP contribution in [0.25, 0.3) is 11.1 Å². The molecule has 0 unspecified atom stereocenters. The Labute approximate surface area is 267 Å². The highest BCUT2D eigenvalue weighted by Gasteiger charge is 2.35. The molecule has 6 rings (SSSR count). The fraction of sp³-hybridized carbons (Fsp3) is 0.442. The van der Waals surface area contributed by atoms with Crippen LogP contribution >= 0.6 is 0 Å². The van der Waals surface area contributed by atoms with Crippen molar-refractivity contribution < 1.29 is 0 Å². The molecule has 2 aliphatic carbocycles. The Bertz CT molecular complexity index is 1520. The predicted octanol–water partition coefficient (Wildman–Crippen LogP) is 13.1. The molecule has 44 heavy (non-hydrogen) atoms. The first-order valence-corrected chi connectivity index (χ1v) is 17.5. The number of rotatable bonds is 4. The van der Waals surface area contributed by atoms with Gasteiger partial charge < -0.3 is 4.90 Å². The molecule has 0 amide bonds. The van der Waals surface area contributed by atoms with Crippen LogP contribution in [0.3, 0.4) is 0 Å². The number of benzene rings is 4. The molecule has 0 aromatic heterocycles. The van der Waals surface area contributed by atoms with E-state index in [-0.39, 0.29) is 10.8 Å². The number of hydrogen-bond acceptors (Lipinski definition) is 1. The zero-order valence-electron chi connectivity index (χ0n) is 28.0. The molecule has 0 bridgehead atoms. The molecule has 2 aliphatic rings. The highest BCUT2D eigenvalue weighted by atomic mass is 15.1. The van der Waals surface area contributed by atoms with Gasteiger partial charge in [0.1, 0.15) is 0 Å². The van der Waals surface area contributed by atoms with Crippen LogP contribution in [0.15, 0.2) is 91.0 Å². The van der Waals surface area contributed by atoms with E-state index in [2.05, 4.69) is 131 Å². The number of hydrogen-bond donors (Lipinski definition) is 0. The van der Waals surface area contributed by atoms with Crippen LogP contribution < -0.4 is 4.90 Å². The summed E-state index contributed by atoms with van der Waals surface area (Å²) in [6.45, 7) is 11.6. The smallest absolute Gasteiger partial charge is 0.0465 e. The number of anilines is 3. The van der Waals surface area contributed by atoms with E-state index in [1.807, 2.05) is 0 Å². The molecule has 0 radical (unpaired) electrons. The van der Waals surface area contributed by atoms with Crippen molar-refractivity contribution >= 4 is 17.1 Å². The molecular weight excluding hydrogens is 530 g/mol. The Hall–Kier alpha value is -3.32. The van der Waals surface area contributed by atoms with Crippen molar-refractivity contribution in [3.63, 3.8) is 0 Å². The van der Waals surface area contributed by atoms with Gasteiger partial charge in [0.2, 0.25) is 0 Å². The second kappa shape index (κ2) is 13.0. The predicted molar refractivity (Wildman–Crippen MR) is 191 cm³/mol. The lowest BCUT2D eigenvalue weighted by molar-refractivity contribution is 0.467. The molecule has 0 saturated heterocycles. The Kier molecular flexibility index (Phi) is 9.04. The molecule has 0 N–H and O–H groups in total. The summed E-state index contributed by atoms with van der Waals surface area (Å²) < 4.78 is 0. The molecule has 0 atom stereocenters.